The molecule has 1 saturated heterocycles. The molecule has 1 aromatic heterocycles. The fourth-order valence-corrected chi connectivity index (χ4v) is 5.22. The molecule has 11 heteroatoms. The smallest absolute Gasteiger partial charge is 0.243 e. The molecule has 0 spiro atoms. The Morgan fingerprint density at radius 2 is 1.75 bits per heavy atom. The SMILES string of the molecule is COc1ccc(-c2noc(CN3CCN(S(=O)(=O)c4ccc(OC)c(Cl)c4)CC3)n2)cc1. The Balaban J connectivity index is 1.37. The minimum absolute atomic E-state index is 0.151. The maximum atomic E-state index is 13.0. The second-order valence-electron chi connectivity index (χ2n) is 7.22. The number of hydrogen-bond donors (Lipinski definition) is 0. The van der Waals surface area contributed by atoms with Gasteiger partial charge in [-0.1, -0.05) is 16.8 Å². The Morgan fingerprint density at radius 3 is 2.38 bits per heavy atom. The number of sulfonamides is 1. The third-order valence-electron chi connectivity index (χ3n) is 5.27. The van der Waals surface area contributed by atoms with Crippen LogP contribution >= 0.6 is 11.6 Å². The summed E-state index contributed by atoms with van der Waals surface area (Å²) in [5.41, 5.74) is 0.829. The molecule has 0 N–H and O–H groups in total. The van der Waals surface area contributed by atoms with E-state index in [0.29, 0.717) is 50.2 Å². The highest BCUT2D eigenvalue weighted by Crippen LogP contribution is 2.29. The van der Waals surface area contributed by atoms with Crippen LogP contribution in [0.2, 0.25) is 5.02 Å². The Kier molecular flexibility index (Phi) is 6.66. The molecule has 1 aliphatic rings. The van der Waals surface area contributed by atoms with Crippen molar-refractivity contribution < 1.29 is 22.4 Å². The van der Waals surface area contributed by atoms with Crippen LogP contribution in [0.15, 0.2) is 51.9 Å². The van der Waals surface area contributed by atoms with E-state index in [0.717, 1.165) is 11.3 Å². The van der Waals surface area contributed by atoms with Crippen LogP contribution in [0.25, 0.3) is 11.4 Å². The van der Waals surface area contributed by atoms with Gasteiger partial charge in [-0.3, -0.25) is 4.90 Å². The van der Waals surface area contributed by atoms with Gasteiger partial charge >= 0.3 is 0 Å². The number of hydrogen-bond acceptors (Lipinski definition) is 8. The summed E-state index contributed by atoms with van der Waals surface area (Å²) < 4.78 is 43.0. The predicted molar refractivity (Wildman–Crippen MR) is 118 cm³/mol. The van der Waals surface area contributed by atoms with Crippen LogP contribution in [0.3, 0.4) is 0 Å². The summed E-state index contributed by atoms with van der Waals surface area (Å²) in [6.45, 7) is 2.25. The maximum Gasteiger partial charge on any atom is 0.243 e. The lowest BCUT2D eigenvalue weighted by atomic mass is 10.2. The Morgan fingerprint density at radius 1 is 1.03 bits per heavy atom. The maximum absolute atomic E-state index is 13.0. The first-order valence-electron chi connectivity index (χ1n) is 9.94. The molecule has 170 valence electrons. The molecule has 3 aromatic rings. The number of rotatable bonds is 7. The summed E-state index contributed by atoms with van der Waals surface area (Å²) in [6, 6.07) is 11.9. The Labute approximate surface area is 191 Å². The van der Waals surface area contributed by atoms with Crippen molar-refractivity contribution in [1.29, 1.82) is 0 Å². The van der Waals surface area contributed by atoms with Gasteiger partial charge in [0.25, 0.3) is 0 Å². The van der Waals surface area contributed by atoms with E-state index in [4.69, 9.17) is 25.6 Å². The first-order chi connectivity index (χ1) is 15.4. The number of halogens is 1. The van der Waals surface area contributed by atoms with Crippen molar-refractivity contribution in [3.63, 3.8) is 0 Å². The summed E-state index contributed by atoms with van der Waals surface area (Å²) >= 11 is 6.10. The highest BCUT2D eigenvalue weighted by atomic mass is 35.5. The zero-order valence-electron chi connectivity index (χ0n) is 17.7. The Bertz CT molecular complexity index is 1180. The molecular formula is C21H23ClN4O5S. The van der Waals surface area contributed by atoms with Gasteiger partial charge in [-0.2, -0.15) is 9.29 Å². The van der Waals surface area contributed by atoms with Gasteiger partial charge in [-0.05, 0) is 42.5 Å². The van der Waals surface area contributed by atoms with Crippen LogP contribution < -0.4 is 9.47 Å². The predicted octanol–water partition coefficient (Wildman–Crippen LogP) is 2.91. The van der Waals surface area contributed by atoms with Crippen LogP contribution in [-0.4, -0.2) is 68.2 Å². The number of aromatic nitrogens is 2. The van der Waals surface area contributed by atoms with Gasteiger partial charge < -0.3 is 14.0 Å². The average Bonchev–Trinajstić information content (AvgIpc) is 3.28. The van der Waals surface area contributed by atoms with Crippen LogP contribution in [0.4, 0.5) is 0 Å². The normalized spacial score (nSPS) is 15.6. The van der Waals surface area contributed by atoms with Crippen molar-refractivity contribution >= 4 is 21.6 Å². The first-order valence-corrected chi connectivity index (χ1v) is 11.8. The van der Waals surface area contributed by atoms with E-state index in [1.165, 1.54) is 23.5 Å². The van der Waals surface area contributed by atoms with E-state index in [2.05, 4.69) is 15.0 Å². The van der Waals surface area contributed by atoms with E-state index in [9.17, 15) is 8.42 Å². The summed E-state index contributed by atoms with van der Waals surface area (Å²) in [5, 5.41) is 4.30. The molecular weight excluding hydrogens is 456 g/mol. The quantitative estimate of drug-likeness (QED) is 0.511. The van der Waals surface area contributed by atoms with Crippen molar-refractivity contribution in [2.75, 3.05) is 40.4 Å². The topological polar surface area (TPSA) is 98.0 Å². The fourth-order valence-electron chi connectivity index (χ4n) is 3.45. The molecule has 2 heterocycles. The van der Waals surface area contributed by atoms with Gasteiger partial charge in [-0.25, -0.2) is 8.42 Å². The van der Waals surface area contributed by atoms with E-state index >= 15 is 0 Å². The van der Waals surface area contributed by atoms with Gasteiger partial charge in [0.2, 0.25) is 21.7 Å². The van der Waals surface area contributed by atoms with E-state index in [1.807, 2.05) is 24.3 Å². The van der Waals surface area contributed by atoms with Crippen molar-refractivity contribution in [1.82, 2.24) is 19.3 Å². The molecule has 0 amide bonds. The fraction of sp³-hybridized carbons (Fsp3) is 0.333. The molecule has 0 unspecified atom stereocenters. The summed E-state index contributed by atoms with van der Waals surface area (Å²) in [4.78, 5) is 6.69. The zero-order chi connectivity index (χ0) is 22.7. The molecule has 0 atom stereocenters. The van der Waals surface area contributed by atoms with Crippen LogP contribution in [0, 0.1) is 0 Å². The number of methoxy groups -OCH3 is 2. The summed E-state index contributed by atoms with van der Waals surface area (Å²) in [7, 11) is -0.545. The highest BCUT2D eigenvalue weighted by Gasteiger charge is 2.29. The molecule has 4 rings (SSSR count). The van der Waals surface area contributed by atoms with Crippen LogP contribution in [-0.2, 0) is 16.6 Å². The first kappa shape index (κ1) is 22.5. The average molecular weight is 479 g/mol. The molecule has 32 heavy (non-hydrogen) atoms. The van der Waals surface area contributed by atoms with Gasteiger partial charge in [0.15, 0.2) is 0 Å². The second-order valence-corrected chi connectivity index (χ2v) is 9.56. The largest absolute Gasteiger partial charge is 0.497 e. The van der Waals surface area contributed by atoms with Crippen molar-refractivity contribution in [3.05, 3.63) is 53.4 Å². The van der Waals surface area contributed by atoms with Gasteiger partial charge in [0.1, 0.15) is 11.5 Å². The number of piperazine rings is 1. The van der Waals surface area contributed by atoms with E-state index in [1.54, 1.807) is 13.2 Å². The summed E-state index contributed by atoms with van der Waals surface area (Å²) in [5.74, 6) is 2.17. The third-order valence-corrected chi connectivity index (χ3v) is 7.46. The van der Waals surface area contributed by atoms with Gasteiger partial charge in [0, 0.05) is 31.7 Å². The molecule has 9 nitrogen and oxygen atoms in total. The monoisotopic (exact) mass is 478 g/mol. The number of benzene rings is 2. The van der Waals surface area contributed by atoms with Crippen LogP contribution in [0.1, 0.15) is 5.89 Å². The third kappa shape index (κ3) is 4.73. The van der Waals surface area contributed by atoms with Gasteiger partial charge in [-0.15, -0.1) is 0 Å². The standard InChI is InChI=1S/C21H23ClN4O5S/c1-29-16-5-3-15(4-6-16)21-23-20(31-24-21)14-25-9-11-26(12-10-25)32(27,28)17-7-8-19(30-2)18(22)13-17/h3-8,13H,9-12,14H2,1-2H3. The molecule has 0 aliphatic carbocycles. The minimum atomic E-state index is -3.64. The lowest BCUT2D eigenvalue weighted by molar-refractivity contribution is 0.163. The minimum Gasteiger partial charge on any atom is -0.497 e. The summed E-state index contributed by atoms with van der Waals surface area (Å²) in [6.07, 6.45) is 0. The zero-order valence-corrected chi connectivity index (χ0v) is 19.3. The lowest BCUT2D eigenvalue weighted by Gasteiger charge is -2.33. The van der Waals surface area contributed by atoms with E-state index in [-0.39, 0.29) is 9.92 Å². The van der Waals surface area contributed by atoms with E-state index < -0.39 is 10.0 Å². The molecule has 0 bridgehead atoms. The molecule has 2 aromatic carbocycles. The van der Waals surface area contributed by atoms with Crippen molar-refractivity contribution in [2.45, 2.75) is 11.4 Å². The molecule has 0 saturated carbocycles. The molecule has 1 aliphatic heterocycles. The number of ether oxygens (including phenoxy) is 2. The van der Waals surface area contributed by atoms with Crippen LogP contribution in [0.5, 0.6) is 11.5 Å². The molecule has 0 radical (unpaired) electrons. The Hall–Kier alpha value is -2.66. The highest BCUT2D eigenvalue weighted by molar-refractivity contribution is 7.89. The van der Waals surface area contributed by atoms with Gasteiger partial charge in [0.05, 0.1) is 30.7 Å². The lowest BCUT2D eigenvalue weighted by Crippen LogP contribution is -2.48. The second kappa shape index (κ2) is 9.45. The number of nitrogens with zero attached hydrogens (tertiary/aromatic N) is 4. The molecule has 1 fully saturated rings. The van der Waals surface area contributed by atoms with Crippen molar-refractivity contribution in [3.8, 4) is 22.9 Å². The van der Waals surface area contributed by atoms with Crippen molar-refractivity contribution in [2.24, 2.45) is 0 Å².